The SMILES string of the molecule is Cc1ccc(S(=O)(=O)N2CCN(CC(=O)N3N=C4/C(=C\c5cccs5)CCC[C@H]4[C@H]3c3cccs3)CC2)cc1. The molecule has 2 fully saturated rings. The fourth-order valence-corrected chi connectivity index (χ4v) is 8.72. The maximum absolute atomic E-state index is 13.8. The van der Waals surface area contributed by atoms with Crippen LogP contribution in [0.25, 0.3) is 6.08 Å². The van der Waals surface area contributed by atoms with Gasteiger partial charge in [-0.2, -0.15) is 9.41 Å². The molecule has 0 spiro atoms. The number of sulfonamides is 1. The molecule has 0 N–H and O–H groups in total. The van der Waals surface area contributed by atoms with E-state index in [9.17, 15) is 13.2 Å². The molecule has 39 heavy (non-hydrogen) atoms. The maximum atomic E-state index is 13.8. The van der Waals surface area contributed by atoms with Crippen LogP contribution in [0.5, 0.6) is 0 Å². The Kier molecular flexibility index (Phi) is 7.56. The van der Waals surface area contributed by atoms with Gasteiger partial charge in [0.25, 0.3) is 5.91 Å². The van der Waals surface area contributed by atoms with Crippen molar-refractivity contribution >= 4 is 50.4 Å². The molecule has 2 atom stereocenters. The molecule has 7 nitrogen and oxygen atoms in total. The number of hydrogen-bond donors (Lipinski definition) is 0. The second-order valence-electron chi connectivity index (χ2n) is 10.4. The van der Waals surface area contributed by atoms with Crippen LogP contribution in [0.3, 0.4) is 0 Å². The Bertz CT molecular complexity index is 1470. The predicted molar refractivity (Wildman–Crippen MR) is 157 cm³/mol. The number of aryl methyl sites for hydroxylation is 1. The van der Waals surface area contributed by atoms with Gasteiger partial charge in [0.05, 0.1) is 23.2 Å². The molecule has 10 heteroatoms. The van der Waals surface area contributed by atoms with Gasteiger partial charge in [-0.05, 0) is 72.9 Å². The summed E-state index contributed by atoms with van der Waals surface area (Å²) >= 11 is 3.40. The first kappa shape index (κ1) is 26.6. The van der Waals surface area contributed by atoms with Gasteiger partial charge >= 0.3 is 0 Å². The first-order valence-electron chi connectivity index (χ1n) is 13.4. The zero-order valence-electron chi connectivity index (χ0n) is 21.9. The molecule has 6 rings (SSSR count). The number of piperazine rings is 1. The highest BCUT2D eigenvalue weighted by molar-refractivity contribution is 7.89. The molecular formula is C29H32N4O3S3. The molecule has 3 aromatic rings. The van der Waals surface area contributed by atoms with E-state index >= 15 is 0 Å². The fourth-order valence-electron chi connectivity index (χ4n) is 5.74. The Labute approximate surface area is 238 Å². The van der Waals surface area contributed by atoms with Gasteiger partial charge in [-0.25, -0.2) is 13.4 Å². The summed E-state index contributed by atoms with van der Waals surface area (Å²) in [5, 5.41) is 10.9. The van der Waals surface area contributed by atoms with Gasteiger partial charge in [0.15, 0.2) is 0 Å². The van der Waals surface area contributed by atoms with Crippen molar-refractivity contribution in [1.82, 2.24) is 14.2 Å². The van der Waals surface area contributed by atoms with E-state index in [0.717, 1.165) is 30.5 Å². The molecule has 0 radical (unpaired) electrons. The molecule has 1 aliphatic carbocycles. The minimum Gasteiger partial charge on any atom is -0.292 e. The Morgan fingerprint density at radius 1 is 1.03 bits per heavy atom. The van der Waals surface area contributed by atoms with Crippen LogP contribution in [0.2, 0.25) is 0 Å². The van der Waals surface area contributed by atoms with Crippen LogP contribution < -0.4 is 0 Å². The summed E-state index contributed by atoms with van der Waals surface area (Å²) in [6, 6.07) is 15.2. The predicted octanol–water partition coefficient (Wildman–Crippen LogP) is 5.25. The van der Waals surface area contributed by atoms with Crippen LogP contribution in [-0.4, -0.2) is 67.0 Å². The average molecular weight is 581 g/mol. The zero-order valence-corrected chi connectivity index (χ0v) is 24.4. The van der Waals surface area contributed by atoms with E-state index in [1.165, 1.54) is 19.6 Å². The molecule has 204 valence electrons. The lowest BCUT2D eigenvalue weighted by Crippen LogP contribution is -2.51. The Balaban J connectivity index is 1.17. The van der Waals surface area contributed by atoms with Crippen LogP contribution in [0.1, 0.15) is 40.6 Å². The monoisotopic (exact) mass is 580 g/mol. The van der Waals surface area contributed by atoms with E-state index in [2.05, 4.69) is 39.9 Å². The molecule has 0 bridgehead atoms. The molecule has 4 heterocycles. The highest BCUT2D eigenvalue weighted by Gasteiger charge is 2.44. The number of thiophene rings is 2. The van der Waals surface area contributed by atoms with Crippen molar-refractivity contribution in [2.45, 2.75) is 37.1 Å². The maximum Gasteiger partial charge on any atom is 0.257 e. The summed E-state index contributed by atoms with van der Waals surface area (Å²) in [6.45, 7) is 3.92. The summed E-state index contributed by atoms with van der Waals surface area (Å²) in [5.74, 6) is 0.171. The molecular weight excluding hydrogens is 549 g/mol. The lowest BCUT2D eigenvalue weighted by molar-refractivity contribution is -0.135. The van der Waals surface area contributed by atoms with E-state index in [4.69, 9.17) is 5.10 Å². The lowest BCUT2D eigenvalue weighted by Gasteiger charge is -2.35. The average Bonchev–Trinajstić information content (AvgIpc) is 3.71. The standard InChI is InChI=1S/C29H32N4O3S3/c1-21-9-11-24(12-10-21)39(35,36)32-15-13-31(14-16-32)20-27(34)33-29(26-8-4-18-38-26)25-7-2-5-22(28(25)30-33)19-23-6-3-17-37-23/h3-4,6,8-12,17-19,25,29H,2,5,7,13-16,20H2,1H3/b22-19-/t25-,29+/m1/s1. The zero-order chi connectivity index (χ0) is 27.0. The normalized spacial score (nSPS) is 23.7. The highest BCUT2D eigenvalue weighted by Crippen LogP contribution is 2.45. The third kappa shape index (κ3) is 5.40. The molecule has 1 amide bonds. The van der Waals surface area contributed by atoms with Crippen molar-refractivity contribution in [3.63, 3.8) is 0 Å². The van der Waals surface area contributed by atoms with Gasteiger partial charge in [-0.1, -0.05) is 29.8 Å². The number of allylic oxidation sites excluding steroid dienone is 1. The van der Waals surface area contributed by atoms with Crippen LogP contribution in [-0.2, 0) is 14.8 Å². The Morgan fingerprint density at radius 2 is 1.77 bits per heavy atom. The summed E-state index contributed by atoms with van der Waals surface area (Å²) in [4.78, 5) is 18.5. The van der Waals surface area contributed by atoms with E-state index in [1.54, 1.807) is 39.8 Å². The van der Waals surface area contributed by atoms with Crippen molar-refractivity contribution in [2.24, 2.45) is 11.0 Å². The van der Waals surface area contributed by atoms with Gasteiger partial charge in [0.2, 0.25) is 10.0 Å². The number of fused-ring (bicyclic) bond motifs is 1. The number of hydrazone groups is 1. The van der Waals surface area contributed by atoms with Gasteiger partial charge in [-0.3, -0.25) is 9.69 Å². The summed E-state index contributed by atoms with van der Waals surface area (Å²) < 4.78 is 27.7. The van der Waals surface area contributed by atoms with E-state index in [1.807, 2.05) is 25.1 Å². The number of carbonyl (C=O) groups excluding carboxylic acids is 1. The van der Waals surface area contributed by atoms with Crippen LogP contribution in [0.4, 0.5) is 0 Å². The summed E-state index contributed by atoms with van der Waals surface area (Å²) in [5.41, 5.74) is 3.31. The van der Waals surface area contributed by atoms with Crippen molar-refractivity contribution in [1.29, 1.82) is 0 Å². The quantitative estimate of drug-likeness (QED) is 0.399. The third-order valence-corrected chi connectivity index (χ3v) is 11.5. The van der Waals surface area contributed by atoms with E-state index < -0.39 is 10.0 Å². The number of benzene rings is 1. The molecule has 2 aliphatic heterocycles. The van der Waals surface area contributed by atoms with Gasteiger partial charge in [0.1, 0.15) is 0 Å². The first-order chi connectivity index (χ1) is 18.9. The van der Waals surface area contributed by atoms with Crippen molar-refractivity contribution in [2.75, 3.05) is 32.7 Å². The second-order valence-corrected chi connectivity index (χ2v) is 14.3. The molecule has 3 aliphatic rings. The minimum atomic E-state index is -3.54. The second kappa shape index (κ2) is 11.1. The van der Waals surface area contributed by atoms with Crippen LogP contribution in [0.15, 0.2) is 74.9 Å². The number of rotatable bonds is 6. The molecule has 1 saturated carbocycles. The first-order valence-corrected chi connectivity index (χ1v) is 16.6. The van der Waals surface area contributed by atoms with Crippen molar-refractivity contribution in [3.8, 4) is 0 Å². The minimum absolute atomic E-state index is 0.0272. The fraction of sp³-hybridized carbons (Fsp3) is 0.379. The van der Waals surface area contributed by atoms with Crippen LogP contribution >= 0.6 is 22.7 Å². The van der Waals surface area contributed by atoms with Crippen molar-refractivity contribution < 1.29 is 13.2 Å². The van der Waals surface area contributed by atoms with Crippen molar-refractivity contribution in [3.05, 3.63) is 80.2 Å². The van der Waals surface area contributed by atoms with E-state index in [0.29, 0.717) is 31.1 Å². The van der Waals surface area contributed by atoms with Gasteiger partial charge in [0, 0.05) is 41.9 Å². The topological polar surface area (TPSA) is 73.3 Å². The summed E-state index contributed by atoms with van der Waals surface area (Å²) in [6.07, 6.45) is 5.32. The Morgan fingerprint density at radius 3 is 2.46 bits per heavy atom. The number of carbonyl (C=O) groups is 1. The largest absolute Gasteiger partial charge is 0.292 e. The summed E-state index contributed by atoms with van der Waals surface area (Å²) in [7, 11) is -3.54. The lowest BCUT2D eigenvalue weighted by atomic mass is 9.79. The molecule has 0 unspecified atom stereocenters. The number of amides is 1. The van der Waals surface area contributed by atoms with E-state index in [-0.39, 0.29) is 24.4 Å². The third-order valence-electron chi connectivity index (χ3n) is 7.80. The highest BCUT2D eigenvalue weighted by atomic mass is 32.2. The Hall–Kier alpha value is -2.63. The molecule has 2 aromatic heterocycles. The number of hydrogen-bond acceptors (Lipinski definition) is 7. The smallest absolute Gasteiger partial charge is 0.257 e. The van der Waals surface area contributed by atoms with Gasteiger partial charge in [-0.15, -0.1) is 22.7 Å². The number of nitrogens with zero attached hydrogens (tertiary/aromatic N) is 4. The molecule has 1 saturated heterocycles. The molecule has 1 aromatic carbocycles. The van der Waals surface area contributed by atoms with Crippen LogP contribution in [0, 0.1) is 12.8 Å². The van der Waals surface area contributed by atoms with Gasteiger partial charge < -0.3 is 0 Å².